The molecule has 1 atom stereocenters. The minimum Gasteiger partial charge on any atom is -0.373 e. The lowest BCUT2D eigenvalue weighted by Crippen LogP contribution is -2.46. The van der Waals surface area contributed by atoms with E-state index in [1.165, 1.54) is 0 Å². The molecule has 88 valence electrons. The highest BCUT2D eigenvalue weighted by atomic mass is 16.5. The molecular formula is C11H18N4O. The van der Waals surface area contributed by atoms with Gasteiger partial charge in [0.2, 0.25) is 0 Å². The number of rotatable bonds is 3. The number of hydrogen-bond donors (Lipinski definition) is 1. The van der Waals surface area contributed by atoms with E-state index in [4.69, 9.17) is 4.74 Å². The number of nitrogens with zero attached hydrogens (tertiary/aromatic N) is 3. The third-order valence-corrected chi connectivity index (χ3v) is 2.73. The topological polar surface area (TPSA) is 50.3 Å². The van der Waals surface area contributed by atoms with Crippen LogP contribution in [0.2, 0.25) is 0 Å². The van der Waals surface area contributed by atoms with E-state index in [1.54, 1.807) is 12.4 Å². The molecule has 5 heteroatoms. The van der Waals surface area contributed by atoms with Crippen molar-refractivity contribution >= 4 is 5.82 Å². The summed E-state index contributed by atoms with van der Waals surface area (Å²) in [6.45, 7) is 5.38. The Morgan fingerprint density at radius 2 is 2.31 bits per heavy atom. The average Bonchev–Trinajstić information content (AvgIpc) is 2.30. The van der Waals surface area contributed by atoms with Crippen LogP contribution in [0.15, 0.2) is 12.4 Å². The highest BCUT2D eigenvalue weighted by molar-refractivity contribution is 5.42. The van der Waals surface area contributed by atoms with E-state index in [2.05, 4.69) is 20.2 Å². The van der Waals surface area contributed by atoms with E-state index < -0.39 is 0 Å². The molecular weight excluding hydrogens is 204 g/mol. The Balaban J connectivity index is 2.07. The molecule has 1 N–H and O–H groups in total. The Morgan fingerprint density at radius 3 is 3.06 bits per heavy atom. The summed E-state index contributed by atoms with van der Waals surface area (Å²) in [6.07, 6.45) is 3.70. The number of nitrogens with one attached hydrogen (secondary N) is 1. The van der Waals surface area contributed by atoms with E-state index >= 15 is 0 Å². The lowest BCUT2D eigenvalue weighted by Gasteiger charge is -2.34. The van der Waals surface area contributed by atoms with E-state index in [-0.39, 0.29) is 6.10 Å². The third-order valence-electron chi connectivity index (χ3n) is 2.73. The standard InChI is InChI=1S/C11H18N4O/c1-9-11(14-4-3-13-9)15-5-6-16-10(8-15)7-12-2/h3-4,10,12H,5-8H2,1-2H3. The summed E-state index contributed by atoms with van der Waals surface area (Å²) in [5.41, 5.74) is 0.979. The summed E-state index contributed by atoms with van der Waals surface area (Å²) >= 11 is 0. The molecule has 0 aliphatic carbocycles. The summed E-state index contributed by atoms with van der Waals surface area (Å²) in [6, 6.07) is 0. The van der Waals surface area contributed by atoms with E-state index in [9.17, 15) is 0 Å². The first-order valence-corrected chi connectivity index (χ1v) is 5.60. The van der Waals surface area contributed by atoms with Crippen LogP contribution >= 0.6 is 0 Å². The van der Waals surface area contributed by atoms with Crippen LogP contribution in [0.4, 0.5) is 5.82 Å². The van der Waals surface area contributed by atoms with Crippen LogP contribution in [-0.4, -0.2) is 49.4 Å². The number of aryl methyl sites for hydroxylation is 1. The molecule has 16 heavy (non-hydrogen) atoms. The molecule has 2 heterocycles. The normalized spacial score (nSPS) is 21.1. The molecule has 1 fully saturated rings. The van der Waals surface area contributed by atoms with Gasteiger partial charge in [-0.3, -0.25) is 4.98 Å². The van der Waals surface area contributed by atoms with Crippen LogP contribution in [0.3, 0.4) is 0 Å². The van der Waals surface area contributed by atoms with Crippen molar-refractivity contribution in [1.82, 2.24) is 15.3 Å². The van der Waals surface area contributed by atoms with Gasteiger partial charge in [-0.15, -0.1) is 0 Å². The molecule has 0 radical (unpaired) electrons. The predicted molar refractivity (Wildman–Crippen MR) is 62.6 cm³/mol. The van der Waals surface area contributed by atoms with Crippen LogP contribution in [-0.2, 0) is 4.74 Å². The average molecular weight is 222 g/mol. The van der Waals surface area contributed by atoms with Gasteiger partial charge in [-0.2, -0.15) is 0 Å². The smallest absolute Gasteiger partial charge is 0.150 e. The maximum Gasteiger partial charge on any atom is 0.150 e. The van der Waals surface area contributed by atoms with Gasteiger partial charge in [-0.1, -0.05) is 0 Å². The summed E-state index contributed by atoms with van der Waals surface area (Å²) in [5.74, 6) is 0.979. The molecule has 5 nitrogen and oxygen atoms in total. The molecule has 0 spiro atoms. The van der Waals surface area contributed by atoms with Crippen LogP contribution in [0, 0.1) is 6.92 Å². The largest absolute Gasteiger partial charge is 0.373 e. The highest BCUT2D eigenvalue weighted by Gasteiger charge is 2.21. The number of anilines is 1. The molecule has 0 bridgehead atoms. The summed E-state index contributed by atoms with van der Waals surface area (Å²) in [7, 11) is 1.94. The fourth-order valence-electron chi connectivity index (χ4n) is 1.97. The lowest BCUT2D eigenvalue weighted by atomic mass is 10.2. The molecule has 1 aromatic heterocycles. The van der Waals surface area contributed by atoms with Gasteiger partial charge in [-0.25, -0.2) is 4.98 Å². The molecule has 0 amide bonds. The first-order valence-electron chi connectivity index (χ1n) is 5.60. The number of likely N-dealkylation sites (N-methyl/N-ethyl adjacent to an activating group) is 1. The SMILES string of the molecule is CNCC1CN(c2nccnc2C)CCO1. The van der Waals surface area contributed by atoms with Crippen molar-refractivity contribution in [1.29, 1.82) is 0 Å². The lowest BCUT2D eigenvalue weighted by molar-refractivity contribution is 0.0418. The zero-order valence-corrected chi connectivity index (χ0v) is 9.81. The number of aromatic nitrogens is 2. The monoisotopic (exact) mass is 222 g/mol. The molecule has 1 aliphatic rings. The minimum absolute atomic E-state index is 0.236. The van der Waals surface area contributed by atoms with Crippen molar-refractivity contribution in [2.24, 2.45) is 0 Å². The molecule has 1 saturated heterocycles. The van der Waals surface area contributed by atoms with Crippen molar-refractivity contribution in [2.45, 2.75) is 13.0 Å². The quantitative estimate of drug-likeness (QED) is 0.792. The second-order valence-electron chi connectivity index (χ2n) is 3.96. The van der Waals surface area contributed by atoms with E-state index in [1.807, 2.05) is 14.0 Å². The van der Waals surface area contributed by atoms with Gasteiger partial charge in [0.15, 0.2) is 0 Å². The van der Waals surface area contributed by atoms with Gasteiger partial charge in [0.1, 0.15) is 5.82 Å². The Kier molecular flexibility index (Phi) is 3.69. The minimum atomic E-state index is 0.236. The Labute approximate surface area is 95.8 Å². The second-order valence-corrected chi connectivity index (χ2v) is 3.96. The zero-order chi connectivity index (χ0) is 11.4. The second kappa shape index (κ2) is 5.23. The van der Waals surface area contributed by atoms with Crippen molar-refractivity contribution in [3.05, 3.63) is 18.1 Å². The molecule has 1 aromatic rings. The van der Waals surface area contributed by atoms with Crippen molar-refractivity contribution in [3.63, 3.8) is 0 Å². The fraction of sp³-hybridized carbons (Fsp3) is 0.636. The van der Waals surface area contributed by atoms with Crippen molar-refractivity contribution < 1.29 is 4.74 Å². The molecule has 0 aromatic carbocycles. The Hall–Kier alpha value is -1.20. The van der Waals surface area contributed by atoms with Crippen molar-refractivity contribution in [2.75, 3.05) is 38.2 Å². The third kappa shape index (κ3) is 2.48. The molecule has 2 rings (SSSR count). The first-order chi connectivity index (χ1) is 7.81. The zero-order valence-electron chi connectivity index (χ0n) is 9.81. The fourth-order valence-corrected chi connectivity index (χ4v) is 1.97. The summed E-state index contributed by atoms with van der Waals surface area (Å²) in [4.78, 5) is 10.9. The van der Waals surface area contributed by atoms with Crippen molar-refractivity contribution in [3.8, 4) is 0 Å². The maximum atomic E-state index is 5.66. The molecule has 0 saturated carbocycles. The Bertz CT molecular complexity index is 343. The van der Waals surface area contributed by atoms with Gasteiger partial charge in [0, 0.05) is 32.0 Å². The summed E-state index contributed by atoms with van der Waals surface area (Å²) < 4.78 is 5.66. The molecule has 1 unspecified atom stereocenters. The van der Waals surface area contributed by atoms with Gasteiger partial charge in [0.25, 0.3) is 0 Å². The van der Waals surface area contributed by atoms with E-state index in [0.717, 1.165) is 37.8 Å². The summed E-state index contributed by atoms with van der Waals surface area (Å²) in [5, 5.41) is 3.14. The van der Waals surface area contributed by atoms with Gasteiger partial charge in [-0.05, 0) is 14.0 Å². The van der Waals surface area contributed by atoms with Crippen LogP contribution in [0.5, 0.6) is 0 Å². The van der Waals surface area contributed by atoms with Crippen LogP contribution in [0.1, 0.15) is 5.69 Å². The maximum absolute atomic E-state index is 5.66. The first kappa shape index (κ1) is 11.3. The van der Waals surface area contributed by atoms with Gasteiger partial charge in [0.05, 0.1) is 18.4 Å². The number of ether oxygens (including phenoxy) is 1. The van der Waals surface area contributed by atoms with Crippen LogP contribution in [0.25, 0.3) is 0 Å². The number of hydrogen-bond acceptors (Lipinski definition) is 5. The van der Waals surface area contributed by atoms with E-state index in [0.29, 0.717) is 0 Å². The predicted octanol–water partition coefficient (Wildman–Crippen LogP) is 0.210. The van der Waals surface area contributed by atoms with Crippen LogP contribution < -0.4 is 10.2 Å². The van der Waals surface area contributed by atoms with Gasteiger partial charge >= 0.3 is 0 Å². The Morgan fingerprint density at radius 1 is 1.50 bits per heavy atom. The molecule has 1 aliphatic heterocycles. The van der Waals surface area contributed by atoms with Gasteiger partial charge < -0.3 is 15.0 Å². The number of morpholine rings is 1. The highest BCUT2D eigenvalue weighted by Crippen LogP contribution is 2.16.